The highest BCUT2D eigenvalue weighted by molar-refractivity contribution is 7.87. The molecule has 0 bridgehead atoms. The molecular formula is C13H25N5O2S. The van der Waals surface area contributed by atoms with Gasteiger partial charge in [-0.05, 0) is 19.4 Å². The Labute approximate surface area is 126 Å². The monoisotopic (exact) mass is 315 g/mol. The summed E-state index contributed by atoms with van der Waals surface area (Å²) < 4.78 is 29.2. The Bertz CT molecular complexity index is 503. The third kappa shape index (κ3) is 4.77. The van der Waals surface area contributed by atoms with Crippen molar-refractivity contribution in [3.8, 4) is 0 Å². The fraction of sp³-hybridized carbons (Fsp3) is 0.769. The number of imidazole rings is 1. The number of aromatic amines is 1. The van der Waals surface area contributed by atoms with Gasteiger partial charge in [-0.3, -0.25) is 0 Å². The smallest absolute Gasteiger partial charge is 0.279 e. The lowest BCUT2D eigenvalue weighted by Crippen LogP contribution is -2.52. The summed E-state index contributed by atoms with van der Waals surface area (Å²) in [7, 11) is -3.41. The van der Waals surface area contributed by atoms with Crippen LogP contribution in [0, 0.1) is 0 Å². The van der Waals surface area contributed by atoms with E-state index in [9.17, 15) is 8.42 Å². The third-order valence-electron chi connectivity index (χ3n) is 3.75. The molecule has 0 saturated carbocycles. The van der Waals surface area contributed by atoms with E-state index in [1.54, 1.807) is 16.8 Å². The third-order valence-corrected chi connectivity index (χ3v) is 5.41. The summed E-state index contributed by atoms with van der Waals surface area (Å²) in [4.78, 5) is 6.89. The van der Waals surface area contributed by atoms with Gasteiger partial charge in [0.1, 0.15) is 0 Å². The zero-order valence-electron chi connectivity index (χ0n) is 12.5. The van der Waals surface area contributed by atoms with E-state index in [4.69, 9.17) is 0 Å². The molecule has 1 aliphatic heterocycles. The van der Waals surface area contributed by atoms with Crippen LogP contribution < -0.4 is 10.0 Å². The maximum atomic E-state index is 12.4. The van der Waals surface area contributed by atoms with Gasteiger partial charge in [-0.1, -0.05) is 13.3 Å². The Kier molecular flexibility index (Phi) is 6.16. The van der Waals surface area contributed by atoms with E-state index in [0.29, 0.717) is 19.5 Å². The van der Waals surface area contributed by atoms with Crippen LogP contribution in [-0.4, -0.2) is 54.9 Å². The summed E-state index contributed by atoms with van der Waals surface area (Å²) >= 11 is 0. The van der Waals surface area contributed by atoms with Crippen LogP contribution in [0.2, 0.25) is 0 Å². The first-order valence-corrected chi connectivity index (χ1v) is 9.02. The summed E-state index contributed by atoms with van der Waals surface area (Å²) in [6.07, 6.45) is 6.88. The Balaban J connectivity index is 1.89. The lowest BCUT2D eigenvalue weighted by atomic mass is 10.1. The SMILES string of the molecule is CCNCC1CCCCN1S(=O)(=O)NCCc1cnc[nH]1. The summed E-state index contributed by atoms with van der Waals surface area (Å²) in [5.41, 5.74) is 0.931. The molecule has 1 fully saturated rings. The molecule has 3 N–H and O–H groups in total. The molecule has 1 aromatic rings. The van der Waals surface area contributed by atoms with Gasteiger partial charge in [-0.15, -0.1) is 0 Å². The van der Waals surface area contributed by atoms with Gasteiger partial charge in [0.25, 0.3) is 10.2 Å². The van der Waals surface area contributed by atoms with E-state index in [1.807, 2.05) is 6.92 Å². The quantitative estimate of drug-likeness (QED) is 0.641. The van der Waals surface area contributed by atoms with Crippen LogP contribution in [0.15, 0.2) is 12.5 Å². The molecule has 1 aliphatic rings. The van der Waals surface area contributed by atoms with Crippen molar-refractivity contribution in [1.29, 1.82) is 0 Å². The number of H-pyrrole nitrogens is 1. The van der Waals surface area contributed by atoms with Gasteiger partial charge in [0.2, 0.25) is 0 Å². The molecule has 2 heterocycles. The molecule has 21 heavy (non-hydrogen) atoms. The Hall–Kier alpha value is -0.960. The second-order valence-corrected chi connectivity index (χ2v) is 7.00. The van der Waals surface area contributed by atoms with Gasteiger partial charge in [0, 0.05) is 44.0 Å². The highest BCUT2D eigenvalue weighted by Crippen LogP contribution is 2.19. The van der Waals surface area contributed by atoms with E-state index in [2.05, 4.69) is 20.0 Å². The minimum absolute atomic E-state index is 0.0587. The number of hydrogen-bond donors (Lipinski definition) is 3. The van der Waals surface area contributed by atoms with Crippen molar-refractivity contribution in [2.45, 2.75) is 38.6 Å². The van der Waals surface area contributed by atoms with E-state index in [-0.39, 0.29) is 6.04 Å². The minimum atomic E-state index is -3.41. The van der Waals surface area contributed by atoms with Crippen LogP contribution in [0.3, 0.4) is 0 Å². The molecule has 7 nitrogen and oxygen atoms in total. The summed E-state index contributed by atoms with van der Waals surface area (Å²) in [5.74, 6) is 0. The number of aromatic nitrogens is 2. The number of rotatable bonds is 8. The second kappa shape index (κ2) is 7.88. The molecule has 0 spiro atoms. The summed E-state index contributed by atoms with van der Waals surface area (Å²) in [6, 6.07) is 0.0587. The predicted octanol–water partition coefficient (Wildman–Crippen LogP) is 0.251. The maximum Gasteiger partial charge on any atom is 0.279 e. The Morgan fingerprint density at radius 3 is 3.05 bits per heavy atom. The van der Waals surface area contributed by atoms with Crippen LogP contribution in [-0.2, 0) is 16.6 Å². The number of nitrogens with one attached hydrogen (secondary N) is 3. The molecule has 0 amide bonds. The van der Waals surface area contributed by atoms with Crippen LogP contribution in [0.5, 0.6) is 0 Å². The Morgan fingerprint density at radius 1 is 1.48 bits per heavy atom. The molecule has 1 atom stereocenters. The number of likely N-dealkylation sites (N-methyl/N-ethyl adjacent to an activating group) is 1. The van der Waals surface area contributed by atoms with Crippen molar-refractivity contribution >= 4 is 10.2 Å². The zero-order valence-corrected chi connectivity index (χ0v) is 13.3. The first-order valence-electron chi connectivity index (χ1n) is 7.58. The molecule has 120 valence electrons. The van der Waals surface area contributed by atoms with Gasteiger partial charge in [-0.25, -0.2) is 9.71 Å². The molecule has 2 rings (SSSR count). The summed E-state index contributed by atoms with van der Waals surface area (Å²) in [5, 5.41) is 3.25. The van der Waals surface area contributed by atoms with Crippen molar-refractivity contribution in [2.75, 3.05) is 26.2 Å². The van der Waals surface area contributed by atoms with Crippen LogP contribution >= 0.6 is 0 Å². The van der Waals surface area contributed by atoms with E-state index in [1.165, 1.54) is 0 Å². The van der Waals surface area contributed by atoms with Crippen molar-refractivity contribution in [1.82, 2.24) is 24.3 Å². The molecule has 1 aromatic heterocycles. The first kappa shape index (κ1) is 16.4. The largest absolute Gasteiger partial charge is 0.348 e. The summed E-state index contributed by atoms with van der Waals surface area (Å²) in [6.45, 7) is 4.60. The molecule has 8 heteroatoms. The fourth-order valence-electron chi connectivity index (χ4n) is 2.62. The predicted molar refractivity (Wildman–Crippen MR) is 82.1 cm³/mol. The lowest BCUT2D eigenvalue weighted by molar-refractivity contribution is 0.244. The van der Waals surface area contributed by atoms with E-state index >= 15 is 0 Å². The fourth-order valence-corrected chi connectivity index (χ4v) is 4.09. The average Bonchev–Trinajstić information content (AvgIpc) is 2.98. The standard InChI is InChI=1S/C13H25N5O2S/c1-2-14-10-13-5-3-4-8-18(13)21(19,20)17-7-6-12-9-15-11-16-12/h9,11,13-14,17H,2-8,10H2,1H3,(H,15,16). The molecule has 0 aromatic carbocycles. The maximum absolute atomic E-state index is 12.4. The highest BCUT2D eigenvalue weighted by Gasteiger charge is 2.31. The minimum Gasteiger partial charge on any atom is -0.348 e. The van der Waals surface area contributed by atoms with Gasteiger partial charge < -0.3 is 10.3 Å². The highest BCUT2D eigenvalue weighted by atomic mass is 32.2. The molecule has 0 radical (unpaired) electrons. The number of nitrogens with zero attached hydrogens (tertiary/aromatic N) is 2. The normalized spacial score (nSPS) is 20.7. The topological polar surface area (TPSA) is 90.1 Å². The Morgan fingerprint density at radius 2 is 2.33 bits per heavy atom. The average molecular weight is 315 g/mol. The van der Waals surface area contributed by atoms with Gasteiger partial charge in [-0.2, -0.15) is 12.7 Å². The van der Waals surface area contributed by atoms with Crippen molar-refractivity contribution in [2.24, 2.45) is 0 Å². The second-order valence-electron chi connectivity index (χ2n) is 5.29. The van der Waals surface area contributed by atoms with E-state index < -0.39 is 10.2 Å². The van der Waals surface area contributed by atoms with Crippen LogP contribution in [0.25, 0.3) is 0 Å². The van der Waals surface area contributed by atoms with Crippen LogP contribution in [0.1, 0.15) is 31.9 Å². The molecule has 1 saturated heterocycles. The van der Waals surface area contributed by atoms with Gasteiger partial charge in [0.05, 0.1) is 6.33 Å². The van der Waals surface area contributed by atoms with E-state index in [0.717, 1.165) is 38.0 Å². The molecule has 0 aliphatic carbocycles. The number of piperidine rings is 1. The van der Waals surface area contributed by atoms with Gasteiger partial charge in [0.15, 0.2) is 0 Å². The lowest BCUT2D eigenvalue weighted by Gasteiger charge is -2.34. The van der Waals surface area contributed by atoms with Gasteiger partial charge >= 0.3 is 0 Å². The van der Waals surface area contributed by atoms with Crippen molar-refractivity contribution in [3.05, 3.63) is 18.2 Å². The van der Waals surface area contributed by atoms with Crippen molar-refractivity contribution < 1.29 is 8.42 Å². The molecular weight excluding hydrogens is 290 g/mol. The first-order chi connectivity index (χ1) is 10.1. The molecule has 1 unspecified atom stereocenters. The zero-order chi connectivity index (χ0) is 15.1. The number of hydrogen-bond acceptors (Lipinski definition) is 4. The van der Waals surface area contributed by atoms with Crippen molar-refractivity contribution in [3.63, 3.8) is 0 Å². The van der Waals surface area contributed by atoms with Crippen LogP contribution in [0.4, 0.5) is 0 Å².